The van der Waals surface area contributed by atoms with Gasteiger partial charge in [-0.3, -0.25) is 4.99 Å². The van der Waals surface area contributed by atoms with Gasteiger partial charge in [0, 0.05) is 26.4 Å². The Morgan fingerprint density at radius 2 is 1.94 bits per heavy atom. The van der Waals surface area contributed by atoms with Gasteiger partial charge in [0.15, 0.2) is 5.13 Å². The zero-order valence-electron chi connectivity index (χ0n) is 19.7. The molecule has 2 heterocycles. The minimum absolute atomic E-state index is 0.579. The van der Waals surface area contributed by atoms with E-state index in [-0.39, 0.29) is 0 Å². The summed E-state index contributed by atoms with van der Waals surface area (Å²) in [7, 11) is 1.77. The summed E-state index contributed by atoms with van der Waals surface area (Å²) in [6.45, 7) is 5.83. The van der Waals surface area contributed by atoms with E-state index in [4.69, 9.17) is 4.98 Å². The number of rotatable bonds is 8. The standard InChI is InChI=1S/C26H31F3N4S/c1-18-15-20(3-4-21(18)17-30-2)10-14-33(13-9-19-7-11-31-12-8-19)25-32-23-6-5-22(26(27,28)29)16-24(23)34-25/h3-6,15-17,19,31H,7-14H2,1-2H3. The van der Waals surface area contributed by atoms with E-state index >= 15 is 0 Å². The summed E-state index contributed by atoms with van der Waals surface area (Å²) < 4.78 is 40.1. The second-order valence-corrected chi connectivity index (χ2v) is 9.98. The maximum Gasteiger partial charge on any atom is 0.416 e. The lowest BCUT2D eigenvalue weighted by molar-refractivity contribution is -0.137. The van der Waals surface area contributed by atoms with Gasteiger partial charge in [0.2, 0.25) is 0 Å². The van der Waals surface area contributed by atoms with Crippen molar-refractivity contribution in [1.29, 1.82) is 0 Å². The van der Waals surface area contributed by atoms with E-state index in [1.807, 2.05) is 6.21 Å². The van der Waals surface area contributed by atoms with Crippen molar-refractivity contribution in [3.05, 3.63) is 58.7 Å². The molecule has 2 aromatic carbocycles. The first-order chi connectivity index (χ1) is 16.3. The van der Waals surface area contributed by atoms with Crippen molar-refractivity contribution in [1.82, 2.24) is 10.3 Å². The highest BCUT2D eigenvalue weighted by Gasteiger charge is 2.31. The highest BCUT2D eigenvalue weighted by Crippen LogP contribution is 2.35. The molecule has 1 aliphatic heterocycles. The molecule has 0 unspecified atom stereocenters. The van der Waals surface area contributed by atoms with Gasteiger partial charge >= 0.3 is 6.18 Å². The van der Waals surface area contributed by atoms with Crippen LogP contribution in [0.5, 0.6) is 0 Å². The normalized spacial score (nSPS) is 15.4. The number of hydrogen-bond donors (Lipinski definition) is 1. The lowest BCUT2D eigenvalue weighted by Gasteiger charge is -2.27. The summed E-state index contributed by atoms with van der Waals surface area (Å²) in [5.41, 5.74) is 3.53. The number of nitrogens with zero attached hydrogens (tertiary/aromatic N) is 3. The zero-order valence-corrected chi connectivity index (χ0v) is 20.5. The zero-order chi connectivity index (χ0) is 24.1. The number of thiazole rings is 1. The van der Waals surface area contributed by atoms with Crippen LogP contribution in [-0.2, 0) is 12.6 Å². The molecule has 0 aliphatic carbocycles. The van der Waals surface area contributed by atoms with Gasteiger partial charge in [-0.2, -0.15) is 13.2 Å². The molecule has 4 nitrogen and oxygen atoms in total. The molecule has 0 bridgehead atoms. The molecule has 1 saturated heterocycles. The van der Waals surface area contributed by atoms with Crippen molar-refractivity contribution in [3.63, 3.8) is 0 Å². The number of benzene rings is 2. The fraction of sp³-hybridized carbons (Fsp3) is 0.462. The van der Waals surface area contributed by atoms with Crippen LogP contribution < -0.4 is 10.2 Å². The van der Waals surface area contributed by atoms with Gasteiger partial charge in [-0.15, -0.1) is 0 Å². The Hall–Kier alpha value is -2.45. The van der Waals surface area contributed by atoms with Crippen LogP contribution in [0.1, 0.15) is 41.5 Å². The van der Waals surface area contributed by atoms with Gasteiger partial charge in [0.05, 0.1) is 15.8 Å². The number of fused-ring (bicyclic) bond motifs is 1. The van der Waals surface area contributed by atoms with Gasteiger partial charge in [0.25, 0.3) is 0 Å². The van der Waals surface area contributed by atoms with E-state index < -0.39 is 11.7 Å². The van der Waals surface area contributed by atoms with Crippen LogP contribution in [0, 0.1) is 12.8 Å². The third kappa shape index (κ3) is 6.16. The van der Waals surface area contributed by atoms with Crippen molar-refractivity contribution in [2.24, 2.45) is 10.9 Å². The van der Waals surface area contributed by atoms with E-state index in [1.165, 1.54) is 47.4 Å². The third-order valence-electron chi connectivity index (χ3n) is 6.51. The van der Waals surface area contributed by atoms with Crippen LogP contribution in [-0.4, -0.2) is 44.4 Å². The van der Waals surface area contributed by atoms with Crippen LogP contribution >= 0.6 is 11.3 Å². The van der Waals surface area contributed by atoms with Crippen LogP contribution in [0.15, 0.2) is 41.4 Å². The van der Waals surface area contributed by atoms with E-state index in [1.54, 1.807) is 7.05 Å². The lowest BCUT2D eigenvalue weighted by atomic mass is 9.94. The van der Waals surface area contributed by atoms with Crippen molar-refractivity contribution < 1.29 is 13.2 Å². The first-order valence-electron chi connectivity index (χ1n) is 11.8. The van der Waals surface area contributed by atoms with Crippen molar-refractivity contribution >= 4 is 32.9 Å². The first-order valence-corrected chi connectivity index (χ1v) is 12.6. The summed E-state index contributed by atoms with van der Waals surface area (Å²) in [4.78, 5) is 11.1. The van der Waals surface area contributed by atoms with Gasteiger partial charge in [0.1, 0.15) is 0 Å². The summed E-state index contributed by atoms with van der Waals surface area (Å²) >= 11 is 1.35. The molecule has 1 fully saturated rings. The minimum atomic E-state index is -4.35. The molecule has 0 atom stereocenters. The molecule has 0 amide bonds. The number of nitrogens with one attached hydrogen (secondary N) is 1. The Bertz CT molecular complexity index is 1130. The minimum Gasteiger partial charge on any atom is -0.348 e. The predicted molar refractivity (Wildman–Crippen MR) is 135 cm³/mol. The van der Waals surface area contributed by atoms with E-state index in [0.717, 1.165) is 55.8 Å². The molecule has 0 radical (unpaired) electrons. The summed E-state index contributed by atoms with van der Waals surface area (Å²) in [5, 5.41) is 4.21. The summed E-state index contributed by atoms with van der Waals surface area (Å²) in [6.07, 6.45) is 1.77. The Labute approximate surface area is 202 Å². The molecule has 0 saturated carbocycles. The Balaban J connectivity index is 1.54. The number of aliphatic imine (C=N–C) groups is 1. The van der Waals surface area contributed by atoms with Crippen LogP contribution in [0.25, 0.3) is 10.2 Å². The molecule has 182 valence electrons. The number of halogens is 3. The van der Waals surface area contributed by atoms with Gasteiger partial charge in [-0.1, -0.05) is 29.5 Å². The Morgan fingerprint density at radius 3 is 2.65 bits per heavy atom. The monoisotopic (exact) mass is 488 g/mol. The molecular weight excluding hydrogens is 457 g/mol. The molecule has 1 N–H and O–H groups in total. The highest BCUT2D eigenvalue weighted by molar-refractivity contribution is 7.22. The molecule has 34 heavy (non-hydrogen) atoms. The van der Waals surface area contributed by atoms with Crippen LogP contribution in [0.3, 0.4) is 0 Å². The van der Waals surface area contributed by atoms with E-state index in [2.05, 4.69) is 40.3 Å². The maximum absolute atomic E-state index is 13.2. The highest BCUT2D eigenvalue weighted by atomic mass is 32.1. The smallest absolute Gasteiger partial charge is 0.348 e. The van der Waals surface area contributed by atoms with Crippen molar-refractivity contribution in [2.75, 3.05) is 38.1 Å². The van der Waals surface area contributed by atoms with Gasteiger partial charge < -0.3 is 10.2 Å². The number of aromatic nitrogens is 1. The first kappa shape index (κ1) is 24.7. The summed E-state index contributed by atoms with van der Waals surface area (Å²) in [5.74, 6) is 0.671. The van der Waals surface area contributed by atoms with Gasteiger partial charge in [-0.05, 0) is 86.5 Å². The van der Waals surface area contributed by atoms with Gasteiger partial charge in [-0.25, -0.2) is 4.98 Å². The van der Waals surface area contributed by atoms with Crippen LogP contribution in [0.4, 0.5) is 18.3 Å². The predicted octanol–water partition coefficient (Wildman–Crippen LogP) is 6.11. The third-order valence-corrected chi connectivity index (χ3v) is 7.59. The molecule has 0 spiro atoms. The van der Waals surface area contributed by atoms with E-state index in [0.29, 0.717) is 16.1 Å². The number of alkyl halides is 3. The molecule has 4 rings (SSSR count). The summed E-state index contributed by atoms with van der Waals surface area (Å²) in [6, 6.07) is 10.2. The SMILES string of the molecule is CN=Cc1ccc(CCN(CCC2CCNCC2)c2nc3ccc(C(F)(F)F)cc3s2)cc1C. The molecule has 1 aromatic heterocycles. The number of hydrogen-bond acceptors (Lipinski definition) is 5. The lowest BCUT2D eigenvalue weighted by Crippen LogP contribution is -2.32. The Kier molecular flexibility index (Phi) is 7.88. The molecular formula is C26H31F3N4S. The second-order valence-electron chi connectivity index (χ2n) is 8.97. The second kappa shape index (κ2) is 10.9. The maximum atomic E-state index is 13.2. The van der Waals surface area contributed by atoms with Crippen LogP contribution in [0.2, 0.25) is 0 Å². The van der Waals surface area contributed by atoms with E-state index in [9.17, 15) is 13.2 Å². The fourth-order valence-corrected chi connectivity index (χ4v) is 5.53. The molecule has 1 aliphatic rings. The average molecular weight is 489 g/mol. The van der Waals surface area contributed by atoms with Crippen molar-refractivity contribution in [2.45, 2.75) is 38.8 Å². The quantitative estimate of drug-likeness (QED) is 0.389. The fourth-order valence-electron chi connectivity index (χ4n) is 4.48. The topological polar surface area (TPSA) is 40.5 Å². The number of piperidine rings is 1. The number of anilines is 1. The Morgan fingerprint density at radius 1 is 1.15 bits per heavy atom. The molecule has 3 aromatic rings. The average Bonchev–Trinajstić information content (AvgIpc) is 3.24. The molecule has 8 heteroatoms. The largest absolute Gasteiger partial charge is 0.416 e. The number of aryl methyl sites for hydroxylation is 1. The van der Waals surface area contributed by atoms with Crippen molar-refractivity contribution in [3.8, 4) is 0 Å².